The third kappa shape index (κ3) is 9.22. The molecule has 1 amide bonds. The summed E-state index contributed by atoms with van der Waals surface area (Å²) in [5.41, 5.74) is 0.662. The zero-order valence-corrected chi connectivity index (χ0v) is 15.1. The molecule has 0 heterocycles. The Hall–Kier alpha value is -3.57. The topological polar surface area (TPSA) is 163 Å². The molecule has 0 saturated heterocycles. The third-order valence-corrected chi connectivity index (χ3v) is 3.48. The van der Waals surface area contributed by atoms with Crippen molar-refractivity contribution in [1.29, 1.82) is 0 Å². The number of methoxy groups -OCH3 is 1. The van der Waals surface area contributed by atoms with Gasteiger partial charge >= 0.3 is 0 Å². The fraction of sp³-hybridized carbons (Fsp3) is 0.438. The van der Waals surface area contributed by atoms with Gasteiger partial charge in [-0.2, -0.15) is 0 Å². The smallest absolute Gasteiger partial charge is 0.294 e. The van der Waals surface area contributed by atoms with Gasteiger partial charge in [0.25, 0.3) is 10.2 Å². The molecule has 28 heavy (non-hydrogen) atoms. The van der Waals surface area contributed by atoms with Crippen molar-refractivity contribution in [3.8, 4) is 11.5 Å². The molecule has 0 bridgehead atoms. The van der Waals surface area contributed by atoms with E-state index in [0.717, 1.165) is 0 Å². The van der Waals surface area contributed by atoms with Crippen molar-refractivity contribution in [3.63, 3.8) is 0 Å². The number of ether oxygens (including phenoxy) is 1. The average molecular weight is 399 g/mol. The normalized spacial score (nSPS) is 11.6. The molecule has 1 unspecified atom stereocenters. The monoisotopic (exact) mass is 399 g/mol. The average Bonchev–Trinajstić information content (AvgIpc) is 2.64. The Morgan fingerprint density at radius 1 is 1.29 bits per heavy atom. The van der Waals surface area contributed by atoms with Crippen molar-refractivity contribution >= 4 is 12.0 Å². The predicted octanol–water partition coefficient (Wildman–Crippen LogP) is 1.49. The number of hydrogen-bond donors (Lipinski definition) is 2. The van der Waals surface area contributed by atoms with Gasteiger partial charge in [0, 0.05) is 12.6 Å². The Labute approximate surface area is 159 Å². The second-order valence-corrected chi connectivity index (χ2v) is 5.52. The van der Waals surface area contributed by atoms with Crippen LogP contribution in [0.15, 0.2) is 24.3 Å². The van der Waals surface area contributed by atoms with Gasteiger partial charge in [-0.3, -0.25) is 4.79 Å². The van der Waals surface area contributed by atoms with E-state index in [1.54, 1.807) is 18.2 Å². The van der Waals surface area contributed by atoms with Crippen molar-refractivity contribution in [2.24, 2.45) is 0 Å². The minimum atomic E-state index is -1.06. The summed E-state index contributed by atoms with van der Waals surface area (Å²) < 4.78 is 4.97. The number of unbranched alkanes of at least 4 members (excludes halogenated alkanes) is 1. The lowest BCUT2D eigenvalue weighted by molar-refractivity contribution is -0.790. The minimum absolute atomic E-state index is 0.00734. The second kappa shape index (κ2) is 11.9. The van der Waals surface area contributed by atoms with Crippen LogP contribution in [-0.4, -0.2) is 47.6 Å². The van der Waals surface area contributed by atoms with Gasteiger partial charge in [-0.05, 0) is 43.0 Å². The molecule has 0 aromatic heterocycles. The maximum Gasteiger partial charge on any atom is 0.294 e. The van der Waals surface area contributed by atoms with Gasteiger partial charge in [-0.1, -0.05) is 6.07 Å². The molecule has 1 rings (SSSR count). The van der Waals surface area contributed by atoms with Crippen LogP contribution in [0.4, 0.5) is 0 Å². The van der Waals surface area contributed by atoms with Crippen LogP contribution in [-0.2, 0) is 14.5 Å². The number of benzene rings is 1. The molecular formula is C16H21N3O9. The van der Waals surface area contributed by atoms with E-state index in [1.165, 1.54) is 19.3 Å². The number of nitrogens with one attached hydrogen (secondary N) is 1. The lowest BCUT2D eigenvalue weighted by Gasteiger charge is -2.13. The first-order valence-electron chi connectivity index (χ1n) is 8.23. The molecule has 0 saturated carbocycles. The highest BCUT2D eigenvalue weighted by atomic mass is 17.0. The molecule has 1 aromatic rings. The third-order valence-electron chi connectivity index (χ3n) is 3.48. The van der Waals surface area contributed by atoms with E-state index in [-0.39, 0.29) is 23.8 Å². The summed E-state index contributed by atoms with van der Waals surface area (Å²) >= 11 is 0. The van der Waals surface area contributed by atoms with Crippen molar-refractivity contribution in [2.75, 3.05) is 20.3 Å². The molecule has 1 atom stereocenters. The molecule has 0 aliphatic heterocycles. The largest absolute Gasteiger partial charge is 0.504 e. The van der Waals surface area contributed by atoms with Gasteiger partial charge in [0.05, 0.1) is 7.11 Å². The van der Waals surface area contributed by atoms with Crippen molar-refractivity contribution in [2.45, 2.75) is 25.4 Å². The van der Waals surface area contributed by atoms with Crippen LogP contribution in [0.5, 0.6) is 11.5 Å². The van der Waals surface area contributed by atoms with Gasteiger partial charge in [-0.25, -0.2) is 0 Å². The van der Waals surface area contributed by atoms with E-state index in [4.69, 9.17) is 4.74 Å². The van der Waals surface area contributed by atoms with Crippen LogP contribution in [0.25, 0.3) is 6.08 Å². The second-order valence-electron chi connectivity index (χ2n) is 5.52. The maximum atomic E-state index is 11.8. The molecule has 2 N–H and O–H groups in total. The number of aromatic hydroxyl groups is 1. The summed E-state index contributed by atoms with van der Waals surface area (Å²) in [7, 11) is 1.42. The standard InChI is InChI=1S/C16H21N3O9/c1-26-15-10-12(5-7-14(15)20)6-8-16(21)17-9-3-2-4-13(28-19(24)25)11-27-18(22)23/h5-8,10,13,20H,2-4,9,11H2,1H3,(H,17,21). The molecule has 0 fully saturated rings. The fourth-order valence-electron chi connectivity index (χ4n) is 2.17. The van der Waals surface area contributed by atoms with Crippen LogP contribution < -0.4 is 10.1 Å². The zero-order chi connectivity index (χ0) is 20.9. The SMILES string of the molecule is COc1cc(C=CC(=O)NCCCCC(CO[N+](=O)[O-])O[N+](=O)[O-])ccc1O. The van der Waals surface area contributed by atoms with Gasteiger partial charge < -0.3 is 24.8 Å². The molecule has 0 spiro atoms. The number of carbonyl (C=O) groups excluding carboxylic acids is 1. The fourth-order valence-corrected chi connectivity index (χ4v) is 2.17. The first-order valence-corrected chi connectivity index (χ1v) is 8.23. The molecule has 12 heteroatoms. The molecular weight excluding hydrogens is 378 g/mol. The Morgan fingerprint density at radius 3 is 2.68 bits per heavy atom. The van der Waals surface area contributed by atoms with E-state index in [0.29, 0.717) is 24.9 Å². The number of rotatable bonds is 13. The summed E-state index contributed by atoms with van der Waals surface area (Å²) in [5, 5.41) is 30.6. The minimum Gasteiger partial charge on any atom is -0.504 e. The number of phenolic OH excluding ortho intramolecular Hbond substituents is 1. The van der Waals surface area contributed by atoms with Gasteiger partial charge in [0.2, 0.25) is 5.91 Å². The van der Waals surface area contributed by atoms with E-state index in [2.05, 4.69) is 15.0 Å². The maximum absolute atomic E-state index is 11.8. The number of phenols is 1. The Balaban J connectivity index is 2.33. The Kier molecular flexibility index (Phi) is 9.58. The number of carbonyl (C=O) groups is 1. The molecule has 0 aliphatic carbocycles. The van der Waals surface area contributed by atoms with Crippen LogP contribution >= 0.6 is 0 Å². The first-order chi connectivity index (χ1) is 13.3. The first kappa shape index (κ1) is 22.5. The van der Waals surface area contributed by atoms with Gasteiger partial charge in [0.1, 0.15) is 12.7 Å². The molecule has 154 valence electrons. The summed E-state index contributed by atoms with van der Waals surface area (Å²) in [6, 6.07) is 4.63. The van der Waals surface area contributed by atoms with Gasteiger partial charge in [0.15, 0.2) is 11.5 Å². The van der Waals surface area contributed by atoms with Gasteiger partial charge in [-0.15, -0.1) is 20.2 Å². The number of nitrogens with zero attached hydrogens (tertiary/aromatic N) is 2. The quantitative estimate of drug-likeness (QED) is 0.216. The highest BCUT2D eigenvalue weighted by Gasteiger charge is 2.15. The van der Waals surface area contributed by atoms with Crippen LogP contribution in [0.3, 0.4) is 0 Å². The summed E-state index contributed by atoms with van der Waals surface area (Å²) in [6.07, 6.45) is 2.89. The van der Waals surface area contributed by atoms with E-state index in [9.17, 15) is 30.1 Å². The lowest BCUT2D eigenvalue weighted by atomic mass is 10.1. The molecule has 12 nitrogen and oxygen atoms in total. The van der Waals surface area contributed by atoms with Crippen LogP contribution in [0, 0.1) is 20.2 Å². The predicted molar refractivity (Wildman–Crippen MR) is 95.4 cm³/mol. The number of hydrogen-bond acceptors (Lipinski definition) is 9. The molecule has 0 aliphatic rings. The Morgan fingerprint density at radius 2 is 2.04 bits per heavy atom. The highest BCUT2D eigenvalue weighted by Crippen LogP contribution is 2.26. The summed E-state index contributed by atoms with van der Waals surface area (Å²) in [5.74, 6) is -0.0657. The van der Waals surface area contributed by atoms with E-state index in [1.807, 2.05) is 0 Å². The summed E-state index contributed by atoms with van der Waals surface area (Å²) in [4.78, 5) is 40.7. The summed E-state index contributed by atoms with van der Waals surface area (Å²) in [6.45, 7) is -0.234. The van der Waals surface area contributed by atoms with Crippen molar-refractivity contribution in [1.82, 2.24) is 5.32 Å². The lowest BCUT2D eigenvalue weighted by Crippen LogP contribution is -2.25. The zero-order valence-electron chi connectivity index (χ0n) is 15.1. The van der Waals surface area contributed by atoms with Crippen molar-refractivity contribution < 1.29 is 34.5 Å². The van der Waals surface area contributed by atoms with E-state index < -0.39 is 22.9 Å². The highest BCUT2D eigenvalue weighted by molar-refractivity contribution is 5.91. The van der Waals surface area contributed by atoms with E-state index >= 15 is 0 Å². The number of amides is 1. The Bertz CT molecular complexity index is 709. The van der Waals surface area contributed by atoms with Crippen molar-refractivity contribution in [3.05, 3.63) is 50.1 Å². The molecule has 0 radical (unpaired) electrons. The van der Waals surface area contributed by atoms with Crippen LogP contribution in [0.1, 0.15) is 24.8 Å². The molecule has 1 aromatic carbocycles. The van der Waals surface area contributed by atoms with Crippen LogP contribution in [0.2, 0.25) is 0 Å².